The number of Topliss-reactive ketones (excluding diaryl/α,β-unsaturated/α-hetero) is 1. The third-order valence-electron chi connectivity index (χ3n) is 5.00. The van der Waals surface area contributed by atoms with Crippen molar-refractivity contribution in [2.75, 3.05) is 39.9 Å². The maximum Gasteiger partial charge on any atom is 0.152 e. The van der Waals surface area contributed by atoms with Gasteiger partial charge in [-0.1, -0.05) is 0 Å². The van der Waals surface area contributed by atoms with Crippen molar-refractivity contribution in [1.29, 1.82) is 0 Å². The third-order valence-corrected chi connectivity index (χ3v) is 5.00. The van der Waals surface area contributed by atoms with E-state index in [2.05, 4.69) is 16.8 Å². The number of rotatable bonds is 3. The molecule has 0 spiro atoms. The molecule has 3 saturated heterocycles. The van der Waals surface area contributed by atoms with Crippen LogP contribution >= 0.6 is 0 Å². The average Bonchev–Trinajstić information content (AvgIpc) is 2.93. The molecule has 3 heterocycles. The molecule has 0 aromatic heterocycles. The number of likely N-dealkylation sites (N-methyl/N-ethyl adjacent to an activating group) is 1. The molecule has 102 valence electrons. The number of ether oxygens (including phenoxy) is 1. The highest BCUT2D eigenvalue weighted by Gasteiger charge is 2.35. The molecule has 3 aliphatic rings. The average molecular weight is 252 g/mol. The van der Waals surface area contributed by atoms with Crippen LogP contribution in [0.1, 0.15) is 25.7 Å². The van der Waals surface area contributed by atoms with Gasteiger partial charge in [0.2, 0.25) is 0 Å². The molecular weight excluding hydrogens is 228 g/mol. The van der Waals surface area contributed by atoms with Crippen LogP contribution in [-0.4, -0.2) is 67.6 Å². The molecule has 3 fully saturated rings. The van der Waals surface area contributed by atoms with Crippen molar-refractivity contribution < 1.29 is 9.53 Å². The van der Waals surface area contributed by atoms with Crippen LogP contribution in [0.5, 0.6) is 0 Å². The summed E-state index contributed by atoms with van der Waals surface area (Å²) in [5.74, 6) is 0.566. The Labute approximate surface area is 109 Å². The largest absolute Gasteiger partial charge is 0.381 e. The van der Waals surface area contributed by atoms with Crippen LogP contribution in [0.25, 0.3) is 0 Å². The highest BCUT2D eigenvalue weighted by molar-refractivity contribution is 5.83. The molecular formula is C14H24N2O2. The van der Waals surface area contributed by atoms with Crippen LogP contribution in [0.4, 0.5) is 0 Å². The summed E-state index contributed by atoms with van der Waals surface area (Å²) in [6, 6.07) is 1.43. The quantitative estimate of drug-likeness (QED) is 0.742. The minimum Gasteiger partial charge on any atom is -0.381 e. The first-order valence-corrected chi connectivity index (χ1v) is 7.29. The van der Waals surface area contributed by atoms with Crippen molar-refractivity contribution in [3.63, 3.8) is 0 Å². The molecule has 2 bridgehead atoms. The van der Waals surface area contributed by atoms with Crippen LogP contribution in [0, 0.1) is 5.92 Å². The van der Waals surface area contributed by atoms with E-state index in [4.69, 9.17) is 4.74 Å². The SMILES string of the molecule is CN1C2CCC1CN(CC(=O)C1CCOC1)CC2. The van der Waals surface area contributed by atoms with Gasteiger partial charge in [-0.25, -0.2) is 0 Å². The van der Waals surface area contributed by atoms with Crippen LogP contribution in [0.3, 0.4) is 0 Å². The zero-order valence-corrected chi connectivity index (χ0v) is 11.3. The first kappa shape index (κ1) is 12.6. The molecule has 4 nitrogen and oxygen atoms in total. The molecule has 4 heteroatoms. The number of fused-ring (bicyclic) bond motifs is 2. The van der Waals surface area contributed by atoms with E-state index in [0.717, 1.165) is 32.2 Å². The van der Waals surface area contributed by atoms with Crippen LogP contribution in [0.15, 0.2) is 0 Å². The van der Waals surface area contributed by atoms with Gasteiger partial charge in [-0.05, 0) is 32.7 Å². The number of carbonyl (C=O) groups is 1. The van der Waals surface area contributed by atoms with E-state index in [0.29, 0.717) is 25.0 Å². The van der Waals surface area contributed by atoms with Crippen LogP contribution in [0.2, 0.25) is 0 Å². The topological polar surface area (TPSA) is 32.8 Å². The van der Waals surface area contributed by atoms with Crippen molar-refractivity contribution in [3.8, 4) is 0 Å². The van der Waals surface area contributed by atoms with Crippen molar-refractivity contribution in [1.82, 2.24) is 9.80 Å². The summed E-state index contributed by atoms with van der Waals surface area (Å²) in [7, 11) is 2.25. The summed E-state index contributed by atoms with van der Waals surface area (Å²) in [5, 5.41) is 0. The fourth-order valence-corrected chi connectivity index (χ4v) is 3.66. The minimum atomic E-state index is 0.170. The maximum atomic E-state index is 12.2. The fourth-order valence-electron chi connectivity index (χ4n) is 3.66. The van der Waals surface area contributed by atoms with Gasteiger partial charge >= 0.3 is 0 Å². The predicted octanol–water partition coefficient (Wildman–Crippen LogP) is 0.760. The number of hydrogen-bond acceptors (Lipinski definition) is 4. The number of hydrogen-bond donors (Lipinski definition) is 0. The van der Waals surface area contributed by atoms with Gasteiger partial charge in [0.1, 0.15) is 0 Å². The number of likely N-dealkylation sites (tertiary alicyclic amines) is 1. The molecule has 0 N–H and O–H groups in total. The van der Waals surface area contributed by atoms with E-state index in [1.807, 2.05) is 0 Å². The Morgan fingerprint density at radius 3 is 2.83 bits per heavy atom. The van der Waals surface area contributed by atoms with Gasteiger partial charge < -0.3 is 4.74 Å². The lowest BCUT2D eigenvalue weighted by atomic mass is 10.0. The summed E-state index contributed by atoms with van der Waals surface area (Å²) in [5.41, 5.74) is 0. The van der Waals surface area contributed by atoms with E-state index < -0.39 is 0 Å². The summed E-state index contributed by atoms with van der Waals surface area (Å²) >= 11 is 0. The van der Waals surface area contributed by atoms with E-state index >= 15 is 0 Å². The molecule has 0 aromatic carbocycles. The second-order valence-electron chi connectivity index (χ2n) is 6.10. The minimum absolute atomic E-state index is 0.170. The lowest BCUT2D eigenvalue weighted by Crippen LogP contribution is -2.40. The highest BCUT2D eigenvalue weighted by Crippen LogP contribution is 2.28. The van der Waals surface area contributed by atoms with Gasteiger partial charge in [-0.3, -0.25) is 14.6 Å². The van der Waals surface area contributed by atoms with E-state index in [9.17, 15) is 4.79 Å². The van der Waals surface area contributed by atoms with E-state index in [1.165, 1.54) is 19.3 Å². The molecule has 0 amide bonds. The Bertz CT molecular complexity index is 315. The number of carbonyl (C=O) groups excluding carboxylic acids is 1. The normalized spacial score (nSPS) is 37.9. The second-order valence-corrected chi connectivity index (χ2v) is 6.10. The number of ketones is 1. The molecule has 0 radical (unpaired) electrons. The van der Waals surface area contributed by atoms with Crippen molar-refractivity contribution >= 4 is 5.78 Å². The molecule has 0 aromatic rings. The number of nitrogens with zero attached hydrogens (tertiary/aromatic N) is 2. The van der Waals surface area contributed by atoms with Gasteiger partial charge in [-0.15, -0.1) is 0 Å². The molecule has 3 unspecified atom stereocenters. The summed E-state index contributed by atoms with van der Waals surface area (Å²) in [6.07, 6.45) is 4.80. The highest BCUT2D eigenvalue weighted by atomic mass is 16.5. The lowest BCUT2D eigenvalue weighted by molar-refractivity contribution is -0.124. The standard InChI is InChI=1S/C14H24N2O2/c1-15-12-2-3-13(15)8-16(6-4-12)9-14(17)11-5-7-18-10-11/h11-13H,2-10H2,1H3. The summed E-state index contributed by atoms with van der Waals surface area (Å²) in [6.45, 7) is 4.23. The monoisotopic (exact) mass is 252 g/mol. The van der Waals surface area contributed by atoms with Crippen molar-refractivity contribution in [2.45, 2.75) is 37.8 Å². The Morgan fingerprint density at radius 1 is 1.22 bits per heavy atom. The fraction of sp³-hybridized carbons (Fsp3) is 0.929. The molecule has 0 aliphatic carbocycles. The third kappa shape index (κ3) is 2.46. The first-order chi connectivity index (χ1) is 8.74. The summed E-state index contributed by atoms with van der Waals surface area (Å²) in [4.78, 5) is 17.1. The van der Waals surface area contributed by atoms with Gasteiger partial charge in [-0.2, -0.15) is 0 Å². The maximum absolute atomic E-state index is 12.2. The van der Waals surface area contributed by atoms with E-state index in [-0.39, 0.29) is 5.92 Å². The second kappa shape index (κ2) is 5.27. The molecule has 18 heavy (non-hydrogen) atoms. The van der Waals surface area contributed by atoms with E-state index in [1.54, 1.807) is 0 Å². The van der Waals surface area contributed by atoms with Gasteiger partial charge in [0, 0.05) is 37.7 Å². The van der Waals surface area contributed by atoms with Crippen LogP contribution in [-0.2, 0) is 9.53 Å². The summed E-state index contributed by atoms with van der Waals surface area (Å²) < 4.78 is 5.31. The van der Waals surface area contributed by atoms with Gasteiger partial charge in [0.15, 0.2) is 5.78 Å². The lowest BCUT2D eigenvalue weighted by Gasteiger charge is -2.25. The molecule has 3 rings (SSSR count). The van der Waals surface area contributed by atoms with Crippen molar-refractivity contribution in [2.24, 2.45) is 5.92 Å². The molecule has 3 aliphatic heterocycles. The Hall–Kier alpha value is -0.450. The Balaban J connectivity index is 1.55. The molecule has 0 saturated carbocycles. The van der Waals surface area contributed by atoms with Gasteiger partial charge in [0.05, 0.1) is 13.2 Å². The van der Waals surface area contributed by atoms with Crippen molar-refractivity contribution in [3.05, 3.63) is 0 Å². The Morgan fingerprint density at radius 2 is 2.06 bits per heavy atom. The smallest absolute Gasteiger partial charge is 0.152 e. The zero-order valence-electron chi connectivity index (χ0n) is 11.3. The predicted molar refractivity (Wildman–Crippen MR) is 69.6 cm³/mol. The first-order valence-electron chi connectivity index (χ1n) is 7.29. The molecule has 3 atom stereocenters. The zero-order chi connectivity index (χ0) is 12.5. The van der Waals surface area contributed by atoms with Gasteiger partial charge in [0.25, 0.3) is 0 Å². The van der Waals surface area contributed by atoms with Crippen LogP contribution < -0.4 is 0 Å². The Kier molecular flexibility index (Phi) is 3.68.